The molecule has 1 aliphatic rings. The van der Waals surface area contributed by atoms with Crippen LogP contribution >= 0.6 is 0 Å². The summed E-state index contributed by atoms with van der Waals surface area (Å²) >= 11 is 0. The molecule has 0 aromatic rings. The summed E-state index contributed by atoms with van der Waals surface area (Å²) in [5, 5.41) is 8.83. The summed E-state index contributed by atoms with van der Waals surface area (Å²) < 4.78 is 20.6. The molecule has 1 rings (SSSR count). The van der Waals surface area contributed by atoms with E-state index in [9.17, 15) is 4.79 Å². The van der Waals surface area contributed by atoms with Crippen molar-refractivity contribution in [3.63, 3.8) is 0 Å². The second kappa shape index (κ2) is 1.88. The normalized spacial score (nSPS) is 35.6. The van der Waals surface area contributed by atoms with E-state index in [4.69, 9.17) is 9.22 Å². The summed E-state index contributed by atoms with van der Waals surface area (Å²) in [6.45, 7) is 0. The van der Waals surface area contributed by atoms with Crippen molar-refractivity contribution in [2.75, 3.05) is 0 Å². The number of ketones is 1. The lowest BCUT2D eigenvalue weighted by atomic mass is 10.2. The van der Waals surface area contributed by atoms with E-state index in [1.165, 1.54) is 0 Å². The van der Waals surface area contributed by atoms with Crippen LogP contribution in [-0.2, 0) is 4.79 Å². The van der Waals surface area contributed by atoms with Crippen LogP contribution in [0.25, 0.3) is 0 Å². The highest BCUT2D eigenvalue weighted by Gasteiger charge is 2.09. The Morgan fingerprint density at radius 1 is 2.00 bits per heavy atom. The van der Waals surface area contributed by atoms with Crippen LogP contribution in [0.5, 0.6) is 0 Å². The summed E-state index contributed by atoms with van der Waals surface area (Å²) in [4.78, 5) is 13.9. The fourth-order valence-electron chi connectivity index (χ4n) is 0.303. The number of aliphatic hydroxyl groups is 1. The van der Waals surface area contributed by atoms with Gasteiger partial charge in [-0.15, -0.1) is 0 Å². The lowest BCUT2D eigenvalue weighted by Gasteiger charge is -1.99. The first-order chi connectivity index (χ1) is 5.04. The topological polar surface area (TPSA) is 49.7 Å². The molecule has 0 spiro atoms. The average molecular weight is 114 g/mol. The van der Waals surface area contributed by atoms with Crippen LogP contribution in [0.4, 0.5) is 0 Å². The number of aliphatic imine (C=N–C) groups is 1. The van der Waals surface area contributed by atoms with E-state index in [2.05, 4.69) is 4.99 Å². The minimum absolute atomic E-state index is 0.565. The number of hydrogen-bond acceptors (Lipinski definition) is 3. The first-order valence-electron chi connectivity index (χ1n) is 3.49. The van der Waals surface area contributed by atoms with Crippen molar-refractivity contribution in [3.8, 4) is 0 Å². The maximum Gasteiger partial charge on any atom is 0.191 e. The second-order valence-electron chi connectivity index (χ2n) is 1.24. The number of nitrogens with zero attached hydrogens (tertiary/aromatic N) is 1. The zero-order valence-corrected chi connectivity index (χ0v) is 3.88. The van der Waals surface area contributed by atoms with E-state index >= 15 is 0 Å². The van der Waals surface area contributed by atoms with Gasteiger partial charge in [0.2, 0.25) is 0 Å². The van der Waals surface area contributed by atoms with E-state index in [0.717, 1.165) is 0 Å². The van der Waals surface area contributed by atoms with Crippen LogP contribution in [0.3, 0.4) is 0 Å². The molecule has 0 fully saturated rings. The van der Waals surface area contributed by atoms with Gasteiger partial charge in [0, 0.05) is 18.4 Å². The third-order valence-corrected chi connectivity index (χ3v) is 0.670. The zero-order chi connectivity index (χ0) is 8.59. The largest absolute Gasteiger partial charge is 0.379 e. The Morgan fingerprint density at radius 2 is 2.75 bits per heavy atom. The number of carbonyl (C=O) groups excluding carboxylic acids is 1. The Kier molecular flexibility index (Phi) is 0.598. The minimum Gasteiger partial charge on any atom is -0.379 e. The minimum atomic E-state index is -1.66. The number of hydrogen-bond donors (Lipinski definition) is 1. The summed E-state index contributed by atoms with van der Waals surface area (Å²) in [5.74, 6) is -0.935. The predicted molar refractivity (Wildman–Crippen MR) is 28.6 cm³/mol. The fraction of sp³-hybridized carbons (Fsp3) is 0.200. The molecule has 0 saturated carbocycles. The van der Waals surface area contributed by atoms with E-state index < -0.39 is 30.3 Å². The highest BCUT2D eigenvalue weighted by atomic mass is 16.3. The van der Waals surface area contributed by atoms with Gasteiger partial charge in [-0.25, -0.2) is 0 Å². The molecular weight excluding hydrogens is 106 g/mol. The highest BCUT2D eigenvalue weighted by Crippen LogP contribution is 1.91. The van der Waals surface area contributed by atoms with Gasteiger partial charge in [0.25, 0.3) is 0 Å². The van der Waals surface area contributed by atoms with Gasteiger partial charge in [-0.05, 0) is 0 Å². The molecule has 0 aromatic carbocycles. The maximum absolute atomic E-state index is 10.7. The molecule has 0 aliphatic carbocycles. The lowest BCUT2D eigenvalue weighted by molar-refractivity contribution is -0.119. The SMILES string of the molecule is [2H]C1=NC([2H])=C([2H])C(=O)C1O. The Hall–Kier alpha value is -0.960. The molecule has 1 heterocycles. The number of rotatable bonds is 0. The number of aliphatic hydroxyl groups excluding tert-OH is 1. The first kappa shape index (κ1) is 2.55. The summed E-state index contributed by atoms with van der Waals surface area (Å²) in [6.07, 6.45) is -2.79. The Morgan fingerprint density at radius 3 is 3.50 bits per heavy atom. The van der Waals surface area contributed by atoms with Gasteiger partial charge in [0.05, 0.1) is 4.11 Å². The molecule has 3 nitrogen and oxygen atoms in total. The molecule has 0 aromatic heterocycles. The summed E-state index contributed by atoms with van der Waals surface area (Å²) in [5.41, 5.74) is 0. The van der Waals surface area contributed by atoms with Crippen LogP contribution < -0.4 is 0 Å². The molecule has 0 bridgehead atoms. The average Bonchev–Trinajstić information content (AvgIpc) is 1.97. The van der Waals surface area contributed by atoms with Gasteiger partial charge in [0.15, 0.2) is 11.9 Å². The molecule has 1 aliphatic heterocycles. The van der Waals surface area contributed by atoms with Gasteiger partial charge >= 0.3 is 0 Å². The van der Waals surface area contributed by atoms with E-state index in [0.29, 0.717) is 0 Å². The van der Waals surface area contributed by atoms with Gasteiger partial charge in [-0.2, -0.15) is 0 Å². The Labute approximate surface area is 50.6 Å². The standard InChI is InChI=1S/C5H5NO2/c7-4-1-2-6-3-5(4)8/h1-3,5,8H/i1D,2D,3D. The van der Waals surface area contributed by atoms with Crippen molar-refractivity contribution in [3.05, 3.63) is 12.2 Å². The van der Waals surface area contributed by atoms with Crippen LogP contribution in [-0.4, -0.2) is 23.2 Å². The first-order valence-corrected chi connectivity index (χ1v) is 1.99. The summed E-state index contributed by atoms with van der Waals surface area (Å²) in [6, 6.07) is -0.645. The molecule has 0 amide bonds. The number of carbonyl (C=O) groups is 1. The van der Waals surface area contributed by atoms with Crippen LogP contribution in [0.1, 0.15) is 4.11 Å². The molecule has 1 N–H and O–H groups in total. The summed E-state index contributed by atoms with van der Waals surface area (Å²) in [7, 11) is 0. The van der Waals surface area contributed by atoms with Crippen LogP contribution in [0, 0.1) is 0 Å². The van der Waals surface area contributed by atoms with Gasteiger partial charge in [0.1, 0.15) is 0 Å². The van der Waals surface area contributed by atoms with Crippen LogP contribution in [0.2, 0.25) is 0 Å². The quantitative estimate of drug-likeness (QED) is 0.462. The van der Waals surface area contributed by atoms with Gasteiger partial charge < -0.3 is 5.11 Å². The molecule has 1 atom stereocenters. The van der Waals surface area contributed by atoms with E-state index in [-0.39, 0.29) is 0 Å². The molecule has 8 heavy (non-hydrogen) atoms. The van der Waals surface area contributed by atoms with Crippen molar-refractivity contribution in [2.45, 2.75) is 6.10 Å². The molecule has 0 radical (unpaired) electrons. The second-order valence-corrected chi connectivity index (χ2v) is 1.24. The van der Waals surface area contributed by atoms with E-state index in [1.807, 2.05) is 0 Å². The smallest absolute Gasteiger partial charge is 0.191 e. The van der Waals surface area contributed by atoms with Crippen molar-refractivity contribution in [2.24, 2.45) is 4.99 Å². The lowest BCUT2D eigenvalue weighted by Crippen LogP contribution is -2.20. The Balaban J connectivity index is 3.11. The van der Waals surface area contributed by atoms with Crippen molar-refractivity contribution < 1.29 is 14.0 Å². The van der Waals surface area contributed by atoms with Crippen molar-refractivity contribution in [1.82, 2.24) is 0 Å². The molecule has 42 valence electrons. The maximum atomic E-state index is 10.7. The van der Waals surface area contributed by atoms with Crippen molar-refractivity contribution in [1.29, 1.82) is 0 Å². The highest BCUT2D eigenvalue weighted by molar-refractivity contribution is 6.05. The van der Waals surface area contributed by atoms with Crippen molar-refractivity contribution >= 4 is 12.0 Å². The van der Waals surface area contributed by atoms with Crippen LogP contribution in [0.15, 0.2) is 17.2 Å². The molecule has 0 saturated heterocycles. The monoisotopic (exact) mass is 114 g/mol. The molecular formula is C5H5NO2. The Bertz CT molecular complexity index is 269. The third kappa shape index (κ3) is 0.816. The van der Waals surface area contributed by atoms with Gasteiger partial charge in [-0.1, -0.05) is 0 Å². The molecule has 1 unspecified atom stereocenters. The van der Waals surface area contributed by atoms with Gasteiger partial charge in [-0.3, -0.25) is 9.79 Å². The van der Waals surface area contributed by atoms with E-state index in [1.54, 1.807) is 0 Å². The third-order valence-electron chi connectivity index (χ3n) is 0.670. The zero-order valence-electron chi connectivity index (χ0n) is 6.88. The molecule has 3 heteroatoms. The predicted octanol–water partition coefficient (Wildman–Crippen LogP) is -0.485. The fourth-order valence-corrected chi connectivity index (χ4v) is 0.303.